The minimum atomic E-state index is 0. The molecule has 0 aliphatic carbocycles. The second-order valence-electron chi connectivity index (χ2n) is 6.41. The van der Waals surface area contributed by atoms with Crippen molar-refractivity contribution in [2.24, 2.45) is 0 Å². The van der Waals surface area contributed by atoms with E-state index in [0.717, 1.165) is 63.7 Å². The Morgan fingerprint density at radius 2 is 1.35 bits per heavy atom. The van der Waals surface area contributed by atoms with Crippen LogP contribution in [0, 0.1) is 0 Å². The van der Waals surface area contributed by atoms with E-state index < -0.39 is 0 Å². The predicted octanol–water partition coefficient (Wildman–Crippen LogP) is -0.0976. The number of nitrogens with zero attached hydrogens (tertiary/aromatic N) is 2. The Morgan fingerprint density at radius 3 is 1.92 bits per heavy atom. The summed E-state index contributed by atoms with van der Waals surface area (Å²) < 4.78 is 17.0. The van der Waals surface area contributed by atoms with Gasteiger partial charge in [-0.3, -0.25) is 4.90 Å². The predicted molar refractivity (Wildman–Crippen MR) is 102 cm³/mol. The number of piperazine rings is 1. The highest BCUT2D eigenvalue weighted by Gasteiger charge is 2.14. The molecule has 0 radical (unpaired) electrons. The molecule has 0 bridgehead atoms. The van der Waals surface area contributed by atoms with Gasteiger partial charge in [-0.25, -0.2) is 0 Å². The first-order chi connectivity index (χ1) is 12.3. The van der Waals surface area contributed by atoms with E-state index >= 15 is 0 Å². The molecule has 1 saturated heterocycles. The molecular weight excluding hydrogens is 352 g/mol. The van der Waals surface area contributed by atoms with Gasteiger partial charge in [-0.05, 0) is 37.2 Å². The van der Waals surface area contributed by atoms with Gasteiger partial charge in [-0.1, -0.05) is 20.3 Å². The molecular formula is C20H34ClN2O3-. The van der Waals surface area contributed by atoms with Crippen LogP contribution < -0.4 is 21.9 Å². The van der Waals surface area contributed by atoms with Crippen molar-refractivity contribution in [2.45, 2.75) is 26.7 Å². The lowest BCUT2D eigenvalue weighted by Gasteiger charge is -2.33. The Morgan fingerprint density at radius 1 is 0.769 bits per heavy atom. The summed E-state index contributed by atoms with van der Waals surface area (Å²) in [7, 11) is 0. The van der Waals surface area contributed by atoms with Crippen molar-refractivity contribution in [3.05, 3.63) is 24.3 Å². The molecule has 150 valence electrons. The molecule has 0 unspecified atom stereocenters. The first kappa shape index (κ1) is 23.0. The Hall–Kier alpha value is -1.01. The maximum absolute atomic E-state index is 5.71. The van der Waals surface area contributed by atoms with Crippen LogP contribution >= 0.6 is 0 Å². The summed E-state index contributed by atoms with van der Waals surface area (Å²) in [5.41, 5.74) is 0. The summed E-state index contributed by atoms with van der Waals surface area (Å²) >= 11 is 0. The maximum atomic E-state index is 5.71. The molecule has 1 aliphatic rings. The average Bonchev–Trinajstić information content (AvgIpc) is 2.66. The van der Waals surface area contributed by atoms with Crippen molar-refractivity contribution in [1.29, 1.82) is 0 Å². The minimum Gasteiger partial charge on any atom is -1.00 e. The Kier molecular flexibility index (Phi) is 12.5. The minimum absolute atomic E-state index is 0. The normalized spacial score (nSPS) is 15.5. The third-order valence-corrected chi connectivity index (χ3v) is 4.55. The second-order valence-corrected chi connectivity index (χ2v) is 6.41. The van der Waals surface area contributed by atoms with Crippen LogP contribution in [0.1, 0.15) is 26.7 Å². The zero-order valence-corrected chi connectivity index (χ0v) is 17.0. The molecule has 5 nitrogen and oxygen atoms in total. The van der Waals surface area contributed by atoms with Gasteiger partial charge in [-0.2, -0.15) is 0 Å². The van der Waals surface area contributed by atoms with Gasteiger partial charge in [0, 0.05) is 32.7 Å². The van der Waals surface area contributed by atoms with E-state index in [0.29, 0.717) is 13.2 Å². The molecule has 1 aliphatic heterocycles. The number of benzene rings is 1. The summed E-state index contributed by atoms with van der Waals surface area (Å²) in [4.78, 5) is 4.97. The average molecular weight is 386 g/mol. The number of ether oxygens (including phenoxy) is 3. The first-order valence-corrected chi connectivity index (χ1v) is 9.70. The molecule has 6 heteroatoms. The molecule has 1 fully saturated rings. The van der Waals surface area contributed by atoms with E-state index in [1.165, 1.54) is 13.1 Å². The van der Waals surface area contributed by atoms with E-state index in [9.17, 15) is 0 Å². The summed E-state index contributed by atoms with van der Waals surface area (Å²) in [6.07, 6.45) is 2.24. The largest absolute Gasteiger partial charge is 1.00 e. The maximum Gasteiger partial charge on any atom is 0.119 e. The monoisotopic (exact) mass is 385 g/mol. The SMILES string of the molecule is CCCCOc1ccc(OCCOCCN2CCN(CC)CC2)cc1.[Cl-]. The van der Waals surface area contributed by atoms with Gasteiger partial charge in [-0.15, -0.1) is 0 Å². The van der Waals surface area contributed by atoms with E-state index in [4.69, 9.17) is 14.2 Å². The molecule has 26 heavy (non-hydrogen) atoms. The van der Waals surface area contributed by atoms with Gasteiger partial charge in [0.2, 0.25) is 0 Å². The highest BCUT2D eigenvalue weighted by Crippen LogP contribution is 2.17. The van der Waals surface area contributed by atoms with Crippen molar-refractivity contribution in [1.82, 2.24) is 9.80 Å². The van der Waals surface area contributed by atoms with Gasteiger partial charge >= 0.3 is 0 Å². The molecule has 1 aromatic carbocycles. The van der Waals surface area contributed by atoms with Crippen LogP contribution in [-0.4, -0.2) is 75.5 Å². The van der Waals surface area contributed by atoms with Gasteiger partial charge in [0.25, 0.3) is 0 Å². The zero-order chi connectivity index (χ0) is 17.7. The molecule has 0 saturated carbocycles. The van der Waals surface area contributed by atoms with E-state index in [2.05, 4.69) is 23.6 Å². The summed E-state index contributed by atoms with van der Waals surface area (Å²) in [5, 5.41) is 0. The number of hydrogen-bond donors (Lipinski definition) is 0. The van der Waals surface area contributed by atoms with Crippen molar-refractivity contribution in [3.63, 3.8) is 0 Å². The van der Waals surface area contributed by atoms with Crippen LogP contribution in [0.3, 0.4) is 0 Å². The number of hydrogen-bond acceptors (Lipinski definition) is 5. The van der Waals surface area contributed by atoms with Gasteiger partial charge in [0.15, 0.2) is 0 Å². The van der Waals surface area contributed by atoms with Gasteiger partial charge < -0.3 is 31.5 Å². The van der Waals surface area contributed by atoms with Gasteiger partial charge in [0.1, 0.15) is 18.1 Å². The number of unbranched alkanes of at least 4 members (excludes halogenated alkanes) is 1. The van der Waals surface area contributed by atoms with Crippen LogP contribution in [0.5, 0.6) is 11.5 Å². The third-order valence-electron chi connectivity index (χ3n) is 4.55. The van der Waals surface area contributed by atoms with Crippen molar-refractivity contribution < 1.29 is 26.6 Å². The molecule has 0 N–H and O–H groups in total. The first-order valence-electron chi connectivity index (χ1n) is 9.70. The van der Waals surface area contributed by atoms with Crippen molar-refractivity contribution in [3.8, 4) is 11.5 Å². The third kappa shape index (κ3) is 9.08. The lowest BCUT2D eigenvalue weighted by atomic mass is 10.3. The quantitative estimate of drug-likeness (QED) is 0.469. The summed E-state index contributed by atoms with van der Waals surface area (Å²) in [6, 6.07) is 7.83. The highest BCUT2D eigenvalue weighted by molar-refractivity contribution is 5.31. The smallest absolute Gasteiger partial charge is 0.119 e. The lowest BCUT2D eigenvalue weighted by molar-refractivity contribution is -0.00000667. The number of likely N-dealkylation sites (N-methyl/N-ethyl adjacent to an activating group) is 1. The highest BCUT2D eigenvalue weighted by atomic mass is 35.5. The second kappa shape index (κ2) is 14.1. The fraction of sp³-hybridized carbons (Fsp3) is 0.700. The molecule has 0 aromatic heterocycles. The van der Waals surface area contributed by atoms with E-state index in [-0.39, 0.29) is 12.4 Å². The topological polar surface area (TPSA) is 34.2 Å². The summed E-state index contributed by atoms with van der Waals surface area (Å²) in [5.74, 6) is 1.77. The molecule has 0 atom stereocenters. The number of halogens is 1. The zero-order valence-electron chi connectivity index (χ0n) is 16.3. The Balaban J connectivity index is 0.00000338. The molecule has 0 amide bonds. The Labute approximate surface area is 165 Å². The van der Waals surface area contributed by atoms with Crippen molar-refractivity contribution in [2.75, 3.05) is 65.7 Å². The van der Waals surface area contributed by atoms with Crippen LogP contribution in [0.25, 0.3) is 0 Å². The molecule has 2 rings (SSSR count). The number of rotatable bonds is 12. The van der Waals surface area contributed by atoms with Crippen LogP contribution in [-0.2, 0) is 4.74 Å². The van der Waals surface area contributed by atoms with Gasteiger partial charge in [0.05, 0.1) is 19.8 Å². The van der Waals surface area contributed by atoms with E-state index in [1.807, 2.05) is 24.3 Å². The van der Waals surface area contributed by atoms with E-state index in [1.54, 1.807) is 0 Å². The van der Waals surface area contributed by atoms with Crippen LogP contribution in [0.2, 0.25) is 0 Å². The summed E-state index contributed by atoms with van der Waals surface area (Å²) in [6.45, 7) is 14.0. The Bertz CT molecular complexity index is 451. The lowest BCUT2D eigenvalue weighted by Crippen LogP contribution is -3.00. The standard InChI is InChI=1S/C20H34N2O3.ClH/c1-3-5-15-24-19-6-8-20(9-7-19)25-18-17-23-16-14-22-12-10-21(4-2)11-13-22;/h6-9H,3-5,10-18H2,1-2H3;1H/p-1. The molecule has 1 heterocycles. The fourth-order valence-electron chi connectivity index (χ4n) is 2.81. The van der Waals surface area contributed by atoms with Crippen LogP contribution in [0.4, 0.5) is 0 Å². The van der Waals surface area contributed by atoms with Crippen LogP contribution in [0.15, 0.2) is 24.3 Å². The van der Waals surface area contributed by atoms with Crippen molar-refractivity contribution >= 4 is 0 Å². The molecule has 1 aromatic rings. The fourth-order valence-corrected chi connectivity index (χ4v) is 2.81. The molecule has 0 spiro atoms.